The van der Waals surface area contributed by atoms with Crippen LogP contribution in [0.15, 0.2) is 42.5 Å². The van der Waals surface area contributed by atoms with Gasteiger partial charge in [0.15, 0.2) is 17.5 Å². The number of fused-ring (bicyclic) bond motifs is 1. The predicted molar refractivity (Wildman–Crippen MR) is 84.0 cm³/mol. The van der Waals surface area contributed by atoms with Crippen molar-refractivity contribution in [3.8, 4) is 22.8 Å². The van der Waals surface area contributed by atoms with Gasteiger partial charge in [-0.15, -0.1) is 0 Å². The van der Waals surface area contributed by atoms with E-state index >= 15 is 0 Å². The van der Waals surface area contributed by atoms with Gasteiger partial charge in [-0.25, -0.2) is 13.8 Å². The number of alkyl halides is 3. The number of imidazole rings is 1. The number of rotatable bonds is 2. The molecule has 4 aromatic rings. The predicted octanol–water partition coefficient (Wildman–Crippen LogP) is 4.92. The fraction of sp³-hybridized carbons (Fsp3) is 0.0588. The highest BCUT2D eigenvalue weighted by Crippen LogP contribution is 2.32. The van der Waals surface area contributed by atoms with E-state index in [4.69, 9.17) is 0 Å². The molecule has 0 radical (unpaired) electrons. The third-order valence-electron chi connectivity index (χ3n) is 3.86. The molecular formula is C17H9F5N4. The van der Waals surface area contributed by atoms with Crippen LogP contribution in [0.5, 0.6) is 0 Å². The highest BCUT2D eigenvalue weighted by Gasteiger charge is 2.30. The lowest BCUT2D eigenvalue weighted by atomic mass is 10.1. The minimum atomic E-state index is -4.45. The van der Waals surface area contributed by atoms with Crippen molar-refractivity contribution in [3.05, 3.63) is 59.7 Å². The average Bonchev–Trinajstić information content (AvgIpc) is 3.22. The Bertz CT molecular complexity index is 1110. The zero-order valence-corrected chi connectivity index (χ0v) is 12.8. The molecular weight excluding hydrogens is 355 g/mol. The van der Waals surface area contributed by atoms with Crippen molar-refractivity contribution < 1.29 is 22.0 Å². The Morgan fingerprint density at radius 3 is 2.42 bits per heavy atom. The van der Waals surface area contributed by atoms with Crippen LogP contribution in [0.4, 0.5) is 22.0 Å². The summed E-state index contributed by atoms with van der Waals surface area (Å²) in [4.78, 5) is 7.01. The van der Waals surface area contributed by atoms with Crippen molar-refractivity contribution in [3.63, 3.8) is 0 Å². The Morgan fingerprint density at radius 2 is 1.69 bits per heavy atom. The molecule has 132 valence electrons. The monoisotopic (exact) mass is 364 g/mol. The SMILES string of the molecule is Fc1ccc(-c2cc(-c3nc4ccc(C(F)(F)F)cc4[nH]3)[nH]n2)cc1F. The van der Waals surface area contributed by atoms with Gasteiger partial charge in [-0.1, -0.05) is 0 Å². The fourth-order valence-corrected chi connectivity index (χ4v) is 2.56. The van der Waals surface area contributed by atoms with Crippen molar-refractivity contribution in [2.24, 2.45) is 0 Å². The van der Waals surface area contributed by atoms with Crippen molar-refractivity contribution in [1.29, 1.82) is 0 Å². The summed E-state index contributed by atoms with van der Waals surface area (Å²) in [5.74, 6) is -1.70. The van der Waals surface area contributed by atoms with E-state index in [1.54, 1.807) is 0 Å². The van der Waals surface area contributed by atoms with Gasteiger partial charge in [0.25, 0.3) is 0 Å². The Morgan fingerprint density at radius 1 is 0.885 bits per heavy atom. The van der Waals surface area contributed by atoms with Gasteiger partial charge < -0.3 is 4.98 Å². The van der Waals surface area contributed by atoms with Crippen molar-refractivity contribution in [1.82, 2.24) is 20.2 Å². The maximum absolute atomic E-state index is 13.3. The van der Waals surface area contributed by atoms with E-state index in [1.807, 2.05) is 0 Å². The number of aromatic amines is 2. The van der Waals surface area contributed by atoms with E-state index in [2.05, 4.69) is 20.2 Å². The summed E-state index contributed by atoms with van der Waals surface area (Å²) in [6, 6.07) is 8.08. The van der Waals surface area contributed by atoms with E-state index in [0.29, 0.717) is 22.5 Å². The molecule has 0 aliphatic carbocycles. The summed E-state index contributed by atoms with van der Waals surface area (Å²) in [5, 5.41) is 6.68. The molecule has 2 aromatic heterocycles. The molecule has 0 spiro atoms. The topological polar surface area (TPSA) is 57.4 Å². The quantitative estimate of drug-likeness (QED) is 0.496. The first kappa shape index (κ1) is 16.2. The Hall–Kier alpha value is -3.23. The molecule has 9 heteroatoms. The van der Waals surface area contributed by atoms with Crippen LogP contribution < -0.4 is 0 Å². The molecule has 2 heterocycles. The zero-order valence-electron chi connectivity index (χ0n) is 12.8. The van der Waals surface area contributed by atoms with Gasteiger partial charge >= 0.3 is 6.18 Å². The molecule has 0 saturated carbocycles. The number of hydrogen-bond acceptors (Lipinski definition) is 2. The normalized spacial score (nSPS) is 12.0. The van der Waals surface area contributed by atoms with Crippen LogP contribution in [-0.4, -0.2) is 20.2 Å². The first-order valence-electron chi connectivity index (χ1n) is 7.39. The van der Waals surface area contributed by atoms with Gasteiger partial charge in [-0.2, -0.15) is 18.3 Å². The van der Waals surface area contributed by atoms with E-state index in [1.165, 1.54) is 18.2 Å². The molecule has 2 N–H and O–H groups in total. The highest BCUT2D eigenvalue weighted by atomic mass is 19.4. The van der Waals surface area contributed by atoms with Crippen LogP contribution in [0.3, 0.4) is 0 Å². The first-order chi connectivity index (χ1) is 12.3. The Labute approximate surface area is 142 Å². The summed E-state index contributed by atoms with van der Waals surface area (Å²) < 4.78 is 64.7. The largest absolute Gasteiger partial charge is 0.416 e. The number of hydrogen-bond donors (Lipinski definition) is 2. The van der Waals surface area contributed by atoms with Crippen molar-refractivity contribution in [2.75, 3.05) is 0 Å². The molecule has 0 fully saturated rings. The Balaban J connectivity index is 1.72. The minimum absolute atomic E-state index is 0.221. The number of benzene rings is 2. The molecule has 0 atom stereocenters. The first-order valence-corrected chi connectivity index (χ1v) is 7.39. The van der Waals surface area contributed by atoms with Crippen LogP contribution in [0.25, 0.3) is 33.8 Å². The summed E-state index contributed by atoms with van der Waals surface area (Å²) >= 11 is 0. The second kappa shape index (κ2) is 5.65. The second-order valence-electron chi connectivity index (χ2n) is 5.61. The number of aromatic nitrogens is 4. The van der Waals surface area contributed by atoms with Gasteiger partial charge in [0.2, 0.25) is 0 Å². The van der Waals surface area contributed by atoms with Crippen LogP contribution in [0, 0.1) is 11.6 Å². The standard InChI is InChI=1S/C17H9F5N4/c18-10-3-1-8(5-11(10)19)13-7-15(26-25-13)16-23-12-4-2-9(17(20,21)22)6-14(12)24-16/h1-7H,(H,23,24)(H,25,26). The molecule has 0 unspecified atom stereocenters. The van der Waals surface area contributed by atoms with Gasteiger partial charge in [0.1, 0.15) is 5.69 Å². The van der Waals surface area contributed by atoms with E-state index in [9.17, 15) is 22.0 Å². The summed E-state index contributed by atoms with van der Waals surface area (Å²) in [7, 11) is 0. The number of halogens is 5. The molecule has 26 heavy (non-hydrogen) atoms. The molecule has 4 nitrogen and oxygen atoms in total. The lowest BCUT2D eigenvalue weighted by Crippen LogP contribution is -2.04. The lowest BCUT2D eigenvalue weighted by Gasteiger charge is -2.05. The highest BCUT2D eigenvalue weighted by molar-refractivity contribution is 5.80. The van der Waals surface area contributed by atoms with Crippen molar-refractivity contribution in [2.45, 2.75) is 6.18 Å². The number of nitrogens with one attached hydrogen (secondary N) is 2. The molecule has 0 aliphatic rings. The van der Waals surface area contributed by atoms with Gasteiger partial charge in [-0.05, 0) is 42.5 Å². The van der Waals surface area contributed by atoms with Crippen LogP contribution in [0.2, 0.25) is 0 Å². The minimum Gasteiger partial charge on any atom is -0.337 e. The van der Waals surface area contributed by atoms with Gasteiger partial charge in [-0.3, -0.25) is 5.10 Å². The molecule has 0 amide bonds. The van der Waals surface area contributed by atoms with E-state index in [0.717, 1.165) is 24.3 Å². The number of nitrogens with zero attached hydrogens (tertiary/aromatic N) is 2. The third-order valence-corrected chi connectivity index (χ3v) is 3.86. The maximum atomic E-state index is 13.3. The Kier molecular flexibility index (Phi) is 3.53. The summed E-state index contributed by atoms with van der Waals surface area (Å²) in [5.41, 5.74) is 0.884. The third kappa shape index (κ3) is 2.81. The molecule has 0 bridgehead atoms. The fourth-order valence-electron chi connectivity index (χ4n) is 2.56. The van der Waals surface area contributed by atoms with Gasteiger partial charge in [0, 0.05) is 5.56 Å². The van der Waals surface area contributed by atoms with Crippen LogP contribution in [0.1, 0.15) is 5.56 Å². The van der Waals surface area contributed by atoms with Crippen molar-refractivity contribution >= 4 is 11.0 Å². The number of H-pyrrole nitrogens is 2. The second-order valence-corrected chi connectivity index (χ2v) is 5.61. The molecule has 0 saturated heterocycles. The van der Waals surface area contributed by atoms with Crippen LogP contribution in [-0.2, 0) is 6.18 Å². The van der Waals surface area contributed by atoms with Gasteiger partial charge in [0.05, 0.1) is 22.3 Å². The van der Waals surface area contributed by atoms with Crippen LogP contribution >= 0.6 is 0 Å². The summed E-state index contributed by atoms with van der Waals surface area (Å²) in [6.45, 7) is 0. The van der Waals surface area contributed by atoms with E-state index in [-0.39, 0.29) is 11.3 Å². The average molecular weight is 364 g/mol. The maximum Gasteiger partial charge on any atom is 0.416 e. The lowest BCUT2D eigenvalue weighted by molar-refractivity contribution is -0.137. The smallest absolute Gasteiger partial charge is 0.337 e. The summed E-state index contributed by atoms with van der Waals surface area (Å²) in [6.07, 6.45) is -4.45. The molecule has 2 aromatic carbocycles. The zero-order chi connectivity index (χ0) is 18.5. The molecule has 0 aliphatic heterocycles. The van der Waals surface area contributed by atoms with E-state index < -0.39 is 23.4 Å². The molecule has 4 rings (SSSR count).